The lowest BCUT2D eigenvalue weighted by Crippen LogP contribution is -2.54. The SMILES string of the molecule is CC(C)C1NNC(C)N1C1CC2CCC(C1)N2. The third-order valence-corrected chi connectivity index (χ3v) is 4.71. The second-order valence-electron chi connectivity index (χ2n) is 6.36. The molecule has 3 aliphatic heterocycles. The Morgan fingerprint density at radius 2 is 1.71 bits per heavy atom. The van der Waals surface area contributed by atoms with Crippen LogP contribution >= 0.6 is 0 Å². The zero-order chi connectivity index (χ0) is 12.0. The van der Waals surface area contributed by atoms with Crippen molar-refractivity contribution >= 4 is 0 Å². The third-order valence-electron chi connectivity index (χ3n) is 4.71. The molecule has 0 aromatic heterocycles. The van der Waals surface area contributed by atoms with Crippen LogP contribution in [0.15, 0.2) is 0 Å². The smallest absolute Gasteiger partial charge is 0.0767 e. The van der Waals surface area contributed by atoms with Gasteiger partial charge < -0.3 is 5.32 Å². The van der Waals surface area contributed by atoms with Gasteiger partial charge in [-0.2, -0.15) is 0 Å². The molecule has 0 aromatic rings. The first-order valence-corrected chi connectivity index (χ1v) is 7.19. The highest BCUT2D eigenvalue weighted by Gasteiger charge is 2.42. The first-order chi connectivity index (χ1) is 8.15. The molecule has 3 fully saturated rings. The molecule has 17 heavy (non-hydrogen) atoms. The Morgan fingerprint density at radius 3 is 2.29 bits per heavy atom. The zero-order valence-corrected chi connectivity index (χ0v) is 11.2. The van der Waals surface area contributed by atoms with Crippen LogP contribution in [-0.4, -0.2) is 35.4 Å². The number of nitrogens with one attached hydrogen (secondary N) is 3. The summed E-state index contributed by atoms with van der Waals surface area (Å²) < 4.78 is 0. The standard InChI is InChI=1S/C13H26N4/c1-8(2)13-16-15-9(3)17(13)12-6-10-4-5-11(7-12)14-10/h8-16H,4-7H2,1-3H3. The number of piperidine rings is 1. The van der Waals surface area contributed by atoms with Crippen molar-refractivity contribution in [3.8, 4) is 0 Å². The Kier molecular flexibility index (Phi) is 3.15. The van der Waals surface area contributed by atoms with E-state index >= 15 is 0 Å². The summed E-state index contributed by atoms with van der Waals surface area (Å²) in [7, 11) is 0. The van der Waals surface area contributed by atoms with Crippen molar-refractivity contribution in [2.24, 2.45) is 5.92 Å². The van der Waals surface area contributed by atoms with Gasteiger partial charge in [0.15, 0.2) is 0 Å². The highest BCUT2D eigenvalue weighted by Crippen LogP contribution is 2.32. The molecular weight excluding hydrogens is 212 g/mol. The molecule has 0 aliphatic carbocycles. The van der Waals surface area contributed by atoms with Gasteiger partial charge in [-0.05, 0) is 38.5 Å². The maximum Gasteiger partial charge on any atom is 0.0767 e. The van der Waals surface area contributed by atoms with Gasteiger partial charge in [0.2, 0.25) is 0 Å². The quantitative estimate of drug-likeness (QED) is 0.671. The molecule has 4 heteroatoms. The average molecular weight is 238 g/mol. The molecule has 4 nitrogen and oxygen atoms in total. The summed E-state index contributed by atoms with van der Waals surface area (Å²) in [5.74, 6) is 0.653. The number of hydrogen-bond donors (Lipinski definition) is 3. The number of rotatable bonds is 2. The molecule has 3 heterocycles. The van der Waals surface area contributed by atoms with E-state index in [1.807, 2.05) is 0 Å². The normalized spacial score (nSPS) is 46.9. The molecule has 4 atom stereocenters. The molecule has 0 spiro atoms. The summed E-state index contributed by atoms with van der Waals surface area (Å²) >= 11 is 0. The van der Waals surface area contributed by atoms with Crippen molar-refractivity contribution in [1.82, 2.24) is 21.1 Å². The Hall–Kier alpha value is -0.160. The van der Waals surface area contributed by atoms with Crippen molar-refractivity contribution in [2.75, 3.05) is 0 Å². The highest BCUT2D eigenvalue weighted by molar-refractivity contribution is 4.98. The van der Waals surface area contributed by atoms with E-state index in [4.69, 9.17) is 0 Å². The lowest BCUT2D eigenvalue weighted by atomic mass is 9.96. The van der Waals surface area contributed by atoms with Crippen LogP contribution in [0.4, 0.5) is 0 Å². The maximum atomic E-state index is 3.74. The Bertz CT molecular complexity index is 269. The maximum absolute atomic E-state index is 3.74. The number of fused-ring (bicyclic) bond motifs is 2. The summed E-state index contributed by atoms with van der Waals surface area (Å²) in [6.45, 7) is 6.89. The van der Waals surface area contributed by atoms with Gasteiger partial charge in [-0.1, -0.05) is 13.8 Å². The van der Waals surface area contributed by atoms with E-state index in [1.54, 1.807) is 0 Å². The number of hydrogen-bond acceptors (Lipinski definition) is 4. The average Bonchev–Trinajstić information content (AvgIpc) is 2.82. The van der Waals surface area contributed by atoms with Crippen molar-refractivity contribution < 1.29 is 0 Å². The molecule has 3 saturated heterocycles. The molecular formula is C13H26N4. The summed E-state index contributed by atoms with van der Waals surface area (Å²) in [6, 6.07) is 2.30. The van der Waals surface area contributed by atoms with Crippen LogP contribution in [-0.2, 0) is 0 Å². The number of hydrazine groups is 1. The van der Waals surface area contributed by atoms with Crippen LogP contribution in [0.25, 0.3) is 0 Å². The lowest BCUT2D eigenvalue weighted by Gasteiger charge is -2.40. The largest absolute Gasteiger partial charge is 0.311 e. The zero-order valence-electron chi connectivity index (χ0n) is 11.2. The van der Waals surface area contributed by atoms with Crippen LogP contribution < -0.4 is 16.2 Å². The molecule has 3 rings (SSSR count). The first-order valence-electron chi connectivity index (χ1n) is 7.19. The van der Waals surface area contributed by atoms with Crippen LogP contribution in [0, 0.1) is 5.92 Å². The topological polar surface area (TPSA) is 39.3 Å². The fourth-order valence-electron chi connectivity index (χ4n) is 3.92. The fraction of sp³-hybridized carbons (Fsp3) is 1.00. The third kappa shape index (κ3) is 2.12. The summed E-state index contributed by atoms with van der Waals surface area (Å²) in [4.78, 5) is 2.68. The van der Waals surface area contributed by atoms with Gasteiger partial charge in [-0.25, -0.2) is 10.9 Å². The lowest BCUT2D eigenvalue weighted by molar-refractivity contribution is 0.0683. The van der Waals surface area contributed by atoms with Crippen molar-refractivity contribution in [3.63, 3.8) is 0 Å². The van der Waals surface area contributed by atoms with Gasteiger partial charge in [-0.15, -0.1) is 0 Å². The molecule has 0 radical (unpaired) electrons. The van der Waals surface area contributed by atoms with Crippen LogP contribution in [0.2, 0.25) is 0 Å². The summed E-state index contributed by atoms with van der Waals surface area (Å²) in [5, 5.41) is 3.74. The fourth-order valence-corrected chi connectivity index (χ4v) is 3.92. The van der Waals surface area contributed by atoms with Crippen LogP contribution in [0.1, 0.15) is 46.5 Å². The van der Waals surface area contributed by atoms with E-state index in [-0.39, 0.29) is 0 Å². The second kappa shape index (κ2) is 4.50. The van der Waals surface area contributed by atoms with Gasteiger partial charge in [-0.3, -0.25) is 4.90 Å². The molecule has 4 unspecified atom stereocenters. The van der Waals surface area contributed by atoms with E-state index in [9.17, 15) is 0 Å². The number of nitrogens with zero attached hydrogens (tertiary/aromatic N) is 1. The first kappa shape index (κ1) is 11.9. The molecule has 0 amide bonds. The minimum Gasteiger partial charge on any atom is -0.311 e. The highest BCUT2D eigenvalue weighted by atomic mass is 15.6. The van der Waals surface area contributed by atoms with Crippen LogP contribution in [0.5, 0.6) is 0 Å². The molecule has 0 saturated carbocycles. The van der Waals surface area contributed by atoms with Gasteiger partial charge >= 0.3 is 0 Å². The molecule has 98 valence electrons. The van der Waals surface area contributed by atoms with E-state index in [0.29, 0.717) is 18.2 Å². The Balaban J connectivity index is 1.73. The predicted octanol–water partition coefficient (Wildman–Crippen LogP) is 1.01. The van der Waals surface area contributed by atoms with E-state index in [0.717, 1.165) is 18.1 Å². The summed E-state index contributed by atoms with van der Waals surface area (Å²) in [5.41, 5.74) is 6.86. The Morgan fingerprint density at radius 1 is 1.06 bits per heavy atom. The van der Waals surface area contributed by atoms with E-state index in [2.05, 4.69) is 41.8 Å². The molecule has 3 aliphatic rings. The molecule has 2 bridgehead atoms. The minimum absolute atomic E-state index is 0.463. The van der Waals surface area contributed by atoms with Gasteiger partial charge in [0.25, 0.3) is 0 Å². The summed E-state index contributed by atoms with van der Waals surface area (Å²) in [6.07, 6.45) is 6.38. The molecule has 0 aromatic carbocycles. The van der Waals surface area contributed by atoms with E-state index in [1.165, 1.54) is 25.7 Å². The minimum atomic E-state index is 0.463. The molecule has 3 N–H and O–H groups in total. The van der Waals surface area contributed by atoms with Gasteiger partial charge in [0, 0.05) is 18.1 Å². The van der Waals surface area contributed by atoms with E-state index < -0.39 is 0 Å². The Labute approximate surface area is 104 Å². The monoisotopic (exact) mass is 238 g/mol. The van der Waals surface area contributed by atoms with Gasteiger partial charge in [0.1, 0.15) is 0 Å². The predicted molar refractivity (Wildman–Crippen MR) is 69.2 cm³/mol. The van der Waals surface area contributed by atoms with Gasteiger partial charge in [0.05, 0.1) is 12.3 Å². The van der Waals surface area contributed by atoms with Crippen molar-refractivity contribution in [3.05, 3.63) is 0 Å². The van der Waals surface area contributed by atoms with Crippen molar-refractivity contribution in [2.45, 2.75) is 76.9 Å². The second-order valence-corrected chi connectivity index (χ2v) is 6.36. The van der Waals surface area contributed by atoms with Crippen LogP contribution in [0.3, 0.4) is 0 Å². The van der Waals surface area contributed by atoms with Crippen molar-refractivity contribution in [1.29, 1.82) is 0 Å².